The van der Waals surface area contributed by atoms with Crippen LogP contribution in [0, 0.1) is 17.3 Å². The van der Waals surface area contributed by atoms with Gasteiger partial charge in [-0.2, -0.15) is 0 Å². The lowest BCUT2D eigenvalue weighted by Gasteiger charge is -2.33. The van der Waals surface area contributed by atoms with Crippen molar-refractivity contribution >= 4 is 29.4 Å². The smallest absolute Gasteiger partial charge is 0.308 e. The van der Waals surface area contributed by atoms with Gasteiger partial charge < -0.3 is 45.5 Å². The summed E-state index contributed by atoms with van der Waals surface area (Å²) in [5.41, 5.74) is 0.716. The number of anilines is 1. The van der Waals surface area contributed by atoms with E-state index in [2.05, 4.69) is 16.0 Å². The molecule has 1 aromatic carbocycles. The van der Waals surface area contributed by atoms with Gasteiger partial charge >= 0.3 is 11.9 Å². The van der Waals surface area contributed by atoms with Crippen LogP contribution in [0.4, 0.5) is 5.69 Å². The van der Waals surface area contributed by atoms with Crippen LogP contribution in [0.2, 0.25) is 0 Å². The highest BCUT2D eigenvalue weighted by molar-refractivity contribution is 5.82. The number of nitrogens with one attached hydrogen (secondary N) is 3. The Labute approximate surface area is 279 Å². The second kappa shape index (κ2) is 20.7. The van der Waals surface area contributed by atoms with Gasteiger partial charge in [0.05, 0.1) is 17.7 Å². The van der Waals surface area contributed by atoms with E-state index in [0.717, 1.165) is 12.0 Å². The highest BCUT2D eigenvalue weighted by Gasteiger charge is 2.34. The fourth-order valence-corrected chi connectivity index (χ4v) is 4.27. The second-order valence-electron chi connectivity index (χ2n) is 13.4. The zero-order chi connectivity index (χ0) is 35.7. The average molecular weight is 668 g/mol. The molecule has 1 fully saturated rings. The number of carboxylic acids is 1. The molecular formula is C34H57N3O10. The molecule has 47 heavy (non-hydrogen) atoms. The van der Waals surface area contributed by atoms with E-state index in [1.165, 1.54) is 0 Å². The summed E-state index contributed by atoms with van der Waals surface area (Å²) in [6, 6.07) is 5.52. The van der Waals surface area contributed by atoms with Gasteiger partial charge in [-0.1, -0.05) is 47.6 Å². The number of hydrogen-bond acceptors (Lipinski definition) is 10. The number of ether oxygens (including phenoxy) is 3. The first-order valence-corrected chi connectivity index (χ1v) is 16.4. The summed E-state index contributed by atoms with van der Waals surface area (Å²) in [6.07, 6.45) is -0.915. The predicted molar refractivity (Wildman–Crippen MR) is 178 cm³/mol. The monoisotopic (exact) mass is 667 g/mol. The molecule has 1 aliphatic rings. The van der Waals surface area contributed by atoms with E-state index in [1.807, 2.05) is 39.8 Å². The summed E-state index contributed by atoms with van der Waals surface area (Å²) in [5.74, 6) is -0.908. The number of carboxylic acid groups (broad SMARTS) is 1. The quantitative estimate of drug-likeness (QED) is 0.105. The first kappa shape index (κ1) is 41.6. The SMILES string of the molecule is CC(C)CCC(=O)O.CC(C)Nc1ccc(COC(=O)C(C)C)cc1OC1CC(O)CC(C(=O)NCCNC(=O)C(C)(C)CCO)O1. The third-order valence-electron chi connectivity index (χ3n) is 7.16. The van der Waals surface area contributed by atoms with Crippen LogP contribution in [0.1, 0.15) is 93.1 Å². The van der Waals surface area contributed by atoms with Crippen molar-refractivity contribution in [2.24, 2.45) is 17.3 Å². The lowest BCUT2D eigenvalue weighted by Crippen LogP contribution is -2.48. The minimum absolute atomic E-state index is 0.0855. The molecule has 2 rings (SSSR count). The largest absolute Gasteiger partial charge is 0.481 e. The third kappa shape index (κ3) is 16.8. The van der Waals surface area contributed by atoms with E-state index in [0.29, 0.717) is 30.2 Å². The van der Waals surface area contributed by atoms with Crippen molar-refractivity contribution in [2.75, 3.05) is 25.0 Å². The van der Waals surface area contributed by atoms with Crippen molar-refractivity contribution in [1.82, 2.24) is 10.6 Å². The topological polar surface area (TPSA) is 193 Å². The number of hydrogen-bond donors (Lipinski definition) is 6. The van der Waals surface area contributed by atoms with Crippen LogP contribution in [0.25, 0.3) is 0 Å². The molecule has 0 bridgehead atoms. The maximum Gasteiger partial charge on any atom is 0.308 e. The Morgan fingerprint density at radius 2 is 1.68 bits per heavy atom. The van der Waals surface area contributed by atoms with Crippen molar-refractivity contribution in [2.45, 2.75) is 119 Å². The number of aliphatic hydroxyl groups excluding tert-OH is 2. The van der Waals surface area contributed by atoms with E-state index in [-0.39, 0.29) is 63.0 Å². The molecule has 1 heterocycles. The molecule has 0 saturated carbocycles. The van der Waals surface area contributed by atoms with Crippen LogP contribution in [0.3, 0.4) is 0 Å². The first-order valence-electron chi connectivity index (χ1n) is 16.4. The van der Waals surface area contributed by atoms with Gasteiger partial charge in [0.2, 0.25) is 18.1 Å². The van der Waals surface area contributed by atoms with Crippen LogP contribution in [-0.4, -0.2) is 83.3 Å². The van der Waals surface area contributed by atoms with Crippen LogP contribution in [0.15, 0.2) is 18.2 Å². The lowest BCUT2D eigenvalue weighted by molar-refractivity contribution is -0.184. The van der Waals surface area contributed by atoms with E-state index in [1.54, 1.807) is 33.8 Å². The molecule has 0 radical (unpaired) electrons. The maximum absolute atomic E-state index is 12.7. The highest BCUT2D eigenvalue weighted by atomic mass is 16.7. The number of rotatable bonds is 17. The summed E-state index contributed by atoms with van der Waals surface area (Å²) in [6.45, 7) is 15.4. The molecule has 2 amide bonds. The molecule has 1 aliphatic heterocycles. The standard InChI is InChI=1S/C28H45N3O8.C6H12O2/c1-17(2)26(35)37-16-19-7-8-21(31-18(3)4)22(13-19)38-24-15-20(33)14-23(39-24)25(34)29-10-11-30-27(36)28(5,6)9-12-32;1-5(2)3-4-6(7)8/h7-8,13,17-18,20,23-24,31-33H,9-12,14-16H2,1-6H3,(H,29,34)(H,30,36);5H,3-4H2,1-2H3,(H,7,8). The molecule has 0 spiro atoms. The lowest BCUT2D eigenvalue weighted by atomic mass is 9.89. The number of esters is 1. The molecule has 0 aliphatic carbocycles. The van der Waals surface area contributed by atoms with Gasteiger partial charge in [-0.15, -0.1) is 0 Å². The molecule has 0 aromatic heterocycles. The van der Waals surface area contributed by atoms with Crippen molar-refractivity contribution in [3.63, 3.8) is 0 Å². The molecule has 1 saturated heterocycles. The molecule has 3 unspecified atom stereocenters. The zero-order valence-electron chi connectivity index (χ0n) is 29.3. The third-order valence-corrected chi connectivity index (χ3v) is 7.16. The van der Waals surface area contributed by atoms with Crippen LogP contribution < -0.4 is 20.7 Å². The normalized spacial score (nSPS) is 17.9. The van der Waals surface area contributed by atoms with E-state index < -0.39 is 35.8 Å². The average Bonchev–Trinajstić information content (AvgIpc) is 2.97. The van der Waals surface area contributed by atoms with Crippen molar-refractivity contribution < 1.29 is 48.7 Å². The van der Waals surface area contributed by atoms with E-state index in [4.69, 9.17) is 24.4 Å². The second-order valence-corrected chi connectivity index (χ2v) is 13.4. The minimum atomic E-state index is -0.933. The number of carbonyl (C=O) groups is 4. The summed E-state index contributed by atoms with van der Waals surface area (Å²) >= 11 is 0. The van der Waals surface area contributed by atoms with Crippen LogP contribution in [-0.2, 0) is 35.3 Å². The van der Waals surface area contributed by atoms with E-state index >= 15 is 0 Å². The Kier molecular flexibility index (Phi) is 18.4. The molecule has 6 N–H and O–H groups in total. The molecule has 3 atom stereocenters. The van der Waals surface area contributed by atoms with E-state index in [9.17, 15) is 24.3 Å². The minimum Gasteiger partial charge on any atom is -0.481 e. The number of amides is 2. The number of aliphatic hydroxyl groups is 2. The van der Waals surface area contributed by atoms with Gasteiger partial charge in [0, 0.05) is 50.4 Å². The Hall–Kier alpha value is -3.42. The number of carbonyl (C=O) groups excluding carboxylic acids is 3. The molecule has 1 aromatic rings. The first-order chi connectivity index (χ1) is 21.9. The number of aliphatic carboxylic acids is 1. The molecular weight excluding hydrogens is 610 g/mol. The van der Waals surface area contributed by atoms with Crippen molar-refractivity contribution in [3.05, 3.63) is 23.8 Å². The molecule has 13 nitrogen and oxygen atoms in total. The van der Waals surface area contributed by atoms with Crippen molar-refractivity contribution in [3.8, 4) is 5.75 Å². The Morgan fingerprint density at radius 1 is 1.02 bits per heavy atom. The van der Waals surface area contributed by atoms with Crippen LogP contribution in [0.5, 0.6) is 5.75 Å². The zero-order valence-corrected chi connectivity index (χ0v) is 29.3. The Morgan fingerprint density at radius 3 is 2.23 bits per heavy atom. The summed E-state index contributed by atoms with van der Waals surface area (Å²) < 4.78 is 17.3. The summed E-state index contributed by atoms with van der Waals surface area (Å²) in [7, 11) is 0. The fourth-order valence-electron chi connectivity index (χ4n) is 4.27. The fraction of sp³-hybridized carbons (Fsp3) is 0.706. The van der Waals surface area contributed by atoms with Gasteiger partial charge in [-0.05, 0) is 50.3 Å². The summed E-state index contributed by atoms with van der Waals surface area (Å²) in [4.78, 5) is 46.8. The van der Waals surface area contributed by atoms with Crippen molar-refractivity contribution in [1.29, 1.82) is 0 Å². The van der Waals surface area contributed by atoms with Gasteiger partial charge in [-0.3, -0.25) is 19.2 Å². The van der Waals surface area contributed by atoms with Crippen LogP contribution >= 0.6 is 0 Å². The van der Waals surface area contributed by atoms with Gasteiger partial charge in [0.1, 0.15) is 18.5 Å². The van der Waals surface area contributed by atoms with Gasteiger partial charge in [0.15, 0.2) is 0 Å². The molecule has 13 heteroatoms. The van der Waals surface area contributed by atoms with Gasteiger partial charge in [0.25, 0.3) is 0 Å². The summed E-state index contributed by atoms with van der Waals surface area (Å²) in [5, 5.41) is 36.5. The Balaban J connectivity index is 0.00000122. The maximum atomic E-state index is 12.7. The predicted octanol–water partition coefficient (Wildman–Crippen LogP) is 3.60. The molecule has 268 valence electrons. The number of benzene rings is 1. The highest BCUT2D eigenvalue weighted by Crippen LogP contribution is 2.31. The Bertz CT molecular complexity index is 1140. The van der Waals surface area contributed by atoms with Gasteiger partial charge in [-0.25, -0.2) is 0 Å².